The van der Waals surface area contributed by atoms with E-state index in [1.165, 1.54) is 11.4 Å². The van der Waals surface area contributed by atoms with Crippen molar-refractivity contribution >= 4 is 11.3 Å². The van der Waals surface area contributed by atoms with Gasteiger partial charge in [0, 0.05) is 11.1 Å². The molecule has 1 aromatic heterocycles. The van der Waals surface area contributed by atoms with Crippen molar-refractivity contribution in [1.29, 1.82) is 0 Å². The van der Waals surface area contributed by atoms with Crippen molar-refractivity contribution in [3.8, 4) is 0 Å². The average Bonchev–Trinajstić information content (AvgIpc) is 2.75. The third kappa shape index (κ3) is 2.44. The van der Waals surface area contributed by atoms with Crippen LogP contribution in [0.3, 0.4) is 0 Å². The molecule has 1 fully saturated rings. The molecule has 0 spiro atoms. The molecule has 1 aliphatic rings. The van der Waals surface area contributed by atoms with Gasteiger partial charge in [-0.25, -0.2) is 4.98 Å². The van der Waals surface area contributed by atoms with E-state index in [0.29, 0.717) is 0 Å². The van der Waals surface area contributed by atoms with Gasteiger partial charge in [0.2, 0.25) is 0 Å². The first-order valence-corrected chi connectivity index (χ1v) is 7.03. The number of nitrogens with one attached hydrogen (secondary N) is 2. The van der Waals surface area contributed by atoms with E-state index in [0.717, 1.165) is 38.2 Å². The molecule has 1 aliphatic heterocycles. The normalized spacial score (nSPS) is 19.9. The zero-order chi connectivity index (χ0) is 11.4. The Kier molecular flexibility index (Phi) is 3.95. The number of aryl methyl sites for hydroxylation is 1. The summed E-state index contributed by atoms with van der Waals surface area (Å²) in [5.41, 5.74) is 1.29. The van der Waals surface area contributed by atoms with Gasteiger partial charge in [0.05, 0.1) is 5.54 Å². The summed E-state index contributed by atoms with van der Waals surface area (Å²) in [6.45, 7) is 7.56. The summed E-state index contributed by atoms with van der Waals surface area (Å²) in [7, 11) is 0. The van der Waals surface area contributed by atoms with Crippen molar-refractivity contribution in [3.05, 3.63) is 16.1 Å². The second kappa shape index (κ2) is 5.25. The van der Waals surface area contributed by atoms with Crippen LogP contribution < -0.4 is 10.6 Å². The zero-order valence-electron chi connectivity index (χ0n) is 10.2. The summed E-state index contributed by atoms with van der Waals surface area (Å²) in [5, 5.41) is 10.6. The fourth-order valence-corrected chi connectivity index (χ4v) is 3.29. The Balaban J connectivity index is 2.18. The largest absolute Gasteiger partial charge is 0.317 e. The smallest absolute Gasteiger partial charge is 0.113 e. The molecule has 1 saturated heterocycles. The maximum Gasteiger partial charge on any atom is 0.113 e. The van der Waals surface area contributed by atoms with Gasteiger partial charge in [-0.2, -0.15) is 0 Å². The molecule has 0 aliphatic carbocycles. The number of rotatable bonds is 4. The summed E-state index contributed by atoms with van der Waals surface area (Å²) in [6.07, 6.45) is 3.49. The molecule has 0 amide bonds. The van der Waals surface area contributed by atoms with Crippen LogP contribution in [-0.4, -0.2) is 24.6 Å². The highest BCUT2D eigenvalue weighted by atomic mass is 32.1. The quantitative estimate of drug-likeness (QED) is 0.844. The average molecular weight is 239 g/mol. The predicted molar refractivity (Wildman–Crippen MR) is 68.9 cm³/mol. The van der Waals surface area contributed by atoms with Crippen molar-refractivity contribution < 1.29 is 0 Å². The topological polar surface area (TPSA) is 37.0 Å². The van der Waals surface area contributed by atoms with Gasteiger partial charge in [-0.05, 0) is 45.8 Å². The Morgan fingerprint density at radius 3 is 2.81 bits per heavy atom. The number of nitrogens with zero attached hydrogens (tertiary/aromatic N) is 1. The number of hydrogen-bond acceptors (Lipinski definition) is 4. The molecule has 0 bridgehead atoms. The van der Waals surface area contributed by atoms with E-state index in [1.807, 2.05) is 0 Å². The van der Waals surface area contributed by atoms with Gasteiger partial charge >= 0.3 is 0 Å². The van der Waals surface area contributed by atoms with Gasteiger partial charge in [0.1, 0.15) is 5.01 Å². The number of piperidine rings is 1. The Bertz CT molecular complexity index is 329. The Hall–Kier alpha value is -0.450. The molecule has 2 rings (SSSR count). The van der Waals surface area contributed by atoms with Crippen molar-refractivity contribution in [3.63, 3.8) is 0 Å². The molecule has 0 saturated carbocycles. The van der Waals surface area contributed by atoms with Gasteiger partial charge in [-0.1, -0.05) is 6.92 Å². The van der Waals surface area contributed by atoms with Crippen molar-refractivity contribution in [2.75, 3.05) is 19.6 Å². The highest BCUT2D eigenvalue weighted by Crippen LogP contribution is 2.32. The summed E-state index contributed by atoms with van der Waals surface area (Å²) >= 11 is 1.80. The van der Waals surface area contributed by atoms with E-state index in [4.69, 9.17) is 0 Å². The van der Waals surface area contributed by atoms with E-state index >= 15 is 0 Å². The second-order valence-electron chi connectivity index (χ2n) is 4.55. The van der Waals surface area contributed by atoms with Crippen molar-refractivity contribution in [2.24, 2.45) is 0 Å². The molecular weight excluding hydrogens is 218 g/mol. The third-order valence-electron chi connectivity index (χ3n) is 3.20. The maximum atomic E-state index is 4.69. The molecule has 4 heteroatoms. The highest BCUT2D eigenvalue weighted by Gasteiger charge is 2.35. The van der Waals surface area contributed by atoms with E-state index in [9.17, 15) is 0 Å². The lowest BCUT2D eigenvalue weighted by Gasteiger charge is -2.37. The number of aromatic nitrogens is 1. The van der Waals surface area contributed by atoms with E-state index < -0.39 is 0 Å². The molecule has 0 radical (unpaired) electrons. The first kappa shape index (κ1) is 12.0. The standard InChI is InChI=1S/C12H21N3S/c1-3-6-14-12(4-7-13-8-5-12)11-15-10(2)9-16-11/h9,13-14H,3-8H2,1-2H3. The van der Waals surface area contributed by atoms with Crippen LogP contribution in [-0.2, 0) is 5.54 Å². The van der Waals surface area contributed by atoms with Crippen LogP contribution in [0.15, 0.2) is 5.38 Å². The molecule has 0 atom stereocenters. The fraction of sp³-hybridized carbons (Fsp3) is 0.750. The van der Waals surface area contributed by atoms with Gasteiger partial charge in [0.15, 0.2) is 0 Å². The minimum atomic E-state index is 0.139. The van der Waals surface area contributed by atoms with Gasteiger partial charge in [-0.15, -0.1) is 11.3 Å². The molecule has 16 heavy (non-hydrogen) atoms. The lowest BCUT2D eigenvalue weighted by Crippen LogP contribution is -2.50. The third-order valence-corrected chi connectivity index (χ3v) is 4.36. The van der Waals surface area contributed by atoms with Crippen LogP contribution in [0.25, 0.3) is 0 Å². The lowest BCUT2D eigenvalue weighted by molar-refractivity contribution is 0.246. The minimum Gasteiger partial charge on any atom is -0.317 e. The van der Waals surface area contributed by atoms with E-state index in [2.05, 4.69) is 34.8 Å². The van der Waals surface area contributed by atoms with E-state index in [-0.39, 0.29) is 5.54 Å². The molecule has 0 unspecified atom stereocenters. The van der Waals surface area contributed by atoms with Crippen LogP contribution in [0.5, 0.6) is 0 Å². The SMILES string of the molecule is CCCNC1(c2nc(C)cs2)CCNCC1. The monoisotopic (exact) mass is 239 g/mol. The molecule has 3 nitrogen and oxygen atoms in total. The first-order valence-electron chi connectivity index (χ1n) is 6.15. The summed E-state index contributed by atoms with van der Waals surface area (Å²) < 4.78 is 0. The lowest BCUT2D eigenvalue weighted by atomic mass is 9.88. The minimum absolute atomic E-state index is 0.139. The Morgan fingerprint density at radius 1 is 1.50 bits per heavy atom. The molecule has 1 aromatic rings. The Labute approximate surface area is 102 Å². The predicted octanol–water partition coefficient (Wildman–Crippen LogP) is 2.03. The van der Waals surface area contributed by atoms with Crippen LogP contribution in [0, 0.1) is 6.92 Å². The fourth-order valence-electron chi connectivity index (χ4n) is 2.26. The Morgan fingerprint density at radius 2 is 2.25 bits per heavy atom. The second-order valence-corrected chi connectivity index (χ2v) is 5.41. The van der Waals surface area contributed by atoms with Crippen molar-refractivity contribution in [2.45, 2.75) is 38.6 Å². The van der Waals surface area contributed by atoms with Crippen LogP contribution >= 0.6 is 11.3 Å². The summed E-state index contributed by atoms with van der Waals surface area (Å²) in [6, 6.07) is 0. The molecule has 2 heterocycles. The first-order chi connectivity index (χ1) is 7.77. The number of thiazole rings is 1. The van der Waals surface area contributed by atoms with Gasteiger partial charge < -0.3 is 10.6 Å². The van der Waals surface area contributed by atoms with Crippen LogP contribution in [0.2, 0.25) is 0 Å². The van der Waals surface area contributed by atoms with E-state index in [1.54, 1.807) is 11.3 Å². The summed E-state index contributed by atoms with van der Waals surface area (Å²) in [4.78, 5) is 4.69. The highest BCUT2D eigenvalue weighted by molar-refractivity contribution is 7.09. The van der Waals surface area contributed by atoms with Crippen LogP contribution in [0.1, 0.15) is 36.9 Å². The summed E-state index contributed by atoms with van der Waals surface area (Å²) in [5.74, 6) is 0. The maximum absolute atomic E-state index is 4.69. The molecule has 90 valence electrons. The molecule has 2 N–H and O–H groups in total. The molecular formula is C12H21N3S. The molecule has 0 aromatic carbocycles. The van der Waals surface area contributed by atoms with Gasteiger partial charge in [-0.3, -0.25) is 0 Å². The van der Waals surface area contributed by atoms with Crippen molar-refractivity contribution in [1.82, 2.24) is 15.6 Å². The number of hydrogen-bond donors (Lipinski definition) is 2. The van der Waals surface area contributed by atoms with Crippen LogP contribution in [0.4, 0.5) is 0 Å². The van der Waals surface area contributed by atoms with Gasteiger partial charge in [0.25, 0.3) is 0 Å². The zero-order valence-corrected chi connectivity index (χ0v) is 11.0.